The molecule has 9 nitrogen and oxygen atoms in total. The number of carbonyl (C=O) groups excluding carboxylic acids is 1. The molecule has 1 aliphatic rings. The van der Waals surface area contributed by atoms with E-state index in [-0.39, 0.29) is 30.3 Å². The molecule has 168 valence electrons. The summed E-state index contributed by atoms with van der Waals surface area (Å²) >= 11 is 0. The fourth-order valence-electron chi connectivity index (χ4n) is 4.37. The topological polar surface area (TPSA) is 155 Å². The minimum Gasteiger partial charge on any atom is -0.496 e. The van der Waals surface area contributed by atoms with Gasteiger partial charge in [0.05, 0.1) is 24.4 Å². The number of ether oxygens (including phenoxy) is 1. The van der Waals surface area contributed by atoms with Crippen LogP contribution in [0.25, 0.3) is 33.4 Å². The van der Waals surface area contributed by atoms with E-state index >= 15 is 0 Å². The second kappa shape index (κ2) is 7.58. The number of carbonyl (C=O) groups is 1. The number of aromatic nitrogens is 3. The van der Waals surface area contributed by atoms with E-state index in [1.54, 1.807) is 7.11 Å². The maximum Gasteiger partial charge on any atom is 0.254 e. The van der Waals surface area contributed by atoms with Gasteiger partial charge in [0.25, 0.3) is 5.91 Å². The van der Waals surface area contributed by atoms with Gasteiger partial charge in [0, 0.05) is 35.4 Å². The first kappa shape index (κ1) is 20.9. The number of amides is 1. The predicted octanol–water partition coefficient (Wildman–Crippen LogP) is 2.44. The molecule has 0 bridgehead atoms. The lowest BCUT2D eigenvalue weighted by Crippen LogP contribution is -2.52. The molecule has 0 aliphatic heterocycles. The first-order chi connectivity index (χ1) is 15.8. The summed E-state index contributed by atoms with van der Waals surface area (Å²) in [6.07, 6.45) is 0.570. The normalized spacial score (nSPS) is 19.9. The van der Waals surface area contributed by atoms with Crippen LogP contribution in [0, 0.1) is 0 Å². The van der Waals surface area contributed by atoms with Gasteiger partial charge in [0.15, 0.2) is 0 Å². The van der Waals surface area contributed by atoms with Gasteiger partial charge in [-0.1, -0.05) is 36.4 Å². The van der Waals surface area contributed by atoms with Crippen molar-refractivity contribution in [3.05, 3.63) is 60.2 Å². The molecule has 2 heterocycles. The molecule has 0 saturated heterocycles. The molecule has 0 spiro atoms. The molecule has 2 aromatic carbocycles. The highest BCUT2D eigenvalue weighted by atomic mass is 16.5. The molecule has 2 aromatic heterocycles. The van der Waals surface area contributed by atoms with Crippen molar-refractivity contribution in [2.24, 2.45) is 11.5 Å². The predicted molar refractivity (Wildman–Crippen MR) is 125 cm³/mol. The maximum atomic E-state index is 12.3. The summed E-state index contributed by atoms with van der Waals surface area (Å²) in [5.74, 6) is 0.156. The van der Waals surface area contributed by atoms with E-state index in [0.29, 0.717) is 22.5 Å². The second-order valence-corrected chi connectivity index (χ2v) is 8.39. The van der Waals surface area contributed by atoms with Crippen molar-refractivity contribution in [1.29, 1.82) is 0 Å². The molecule has 9 heteroatoms. The number of anilines is 1. The number of pyridine rings is 1. The molecule has 4 aromatic rings. The van der Waals surface area contributed by atoms with Crippen LogP contribution in [0.2, 0.25) is 0 Å². The fraction of sp³-hybridized carbons (Fsp3) is 0.208. The van der Waals surface area contributed by atoms with Crippen molar-refractivity contribution < 1.29 is 14.6 Å². The van der Waals surface area contributed by atoms with Crippen LogP contribution in [0.4, 0.5) is 5.82 Å². The Morgan fingerprint density at radius 3 is 2.52 bits per heavy atom. The number of benzene rings is 2. The van der Waals surface area contributed by atoms with Crippen LogP contribution in [0.1, 0.15) is 29.2 Å². The molecule has 5 rings (SSSR count). The maximum absolute atomic E-state index is 12.3. The first-order valence-electron chi connectivity index (χ1n) is 10.5. The number of aliphatic hydroxyl groups is 1. The molecule has 33 heavy (non-hydrogen) atoms. The van der Waals surface area contributed by atoms with Gasteiger partial charge in [-0.15, -0.1) is 0 Å². The Morgan fingerprint density at radius 2 is 1.88 bits per heavy atom. The van der Waals surface area contributed by atoms with Crippen molar-refractivity contribution in [2.75, 3.05) is 12.8 Å². The molecule has 0 radical (unpaired) electrons. The number of nitrogen functional groups attached to an aromatic ring is 1. The number of methoxy groups -OCH3 is 1. The first-order valence-corrected chi connectivity index (χ1v) is 10.5. The van der Waals surface area contributed by atoms with Gasteiger partial charge in [-0.05, 0) is 12.1 Å². The van der Waals surface area contributed by atoms with Crippen molar-refractivity contribution in [3.8, 4) is 28.3 Å². The van der Waals surface area contributed by atoms with E-state index in [2.05, 4.69) is 5.10 Å². The minimum atomic E-state index is -1.26. The van der Waals surface area contributed by atoms with E-state index in [4.69, 9.17) is 26.9 Å². The Hall–Kier alpha value is -3.95. The summed E-state index contributed by atoms with van der Waals surface area (Å²) in [6.45, 7) is 0. The number of nitrogens with two attached hydrogens (primary N) is 3. The number of hydrogen-bond donors (Lipinski definition) is 4. The van der Waals surface area contributed by atoms with Gasteiger partial charge in [-0.3, -0.25) is 4.79 Å². The van der Waals surface area contributed by atoms with Gasteiger partial charge in [-0.25, -0.2) is 9.67 Å². The summed E-state index contributed by atoms with van der Waals surface area (Å²) < 4.78 is 7.13. The zero-order chi connectivity index (χ0) is 23.3. The van der Waals surface area contributed by atoms with Crippen molar-refractivity contribution in [3.63, 3.8) is 0 Å². The van der Waals surface area contributed by atoms with Gasteiger partial charge in [0.2, 0.25) is 0 Å². The number of hydrogen-bond acceptors (Lipinski definition) is 7. The van der Waals surface area contributed by atoms with Crippen LogP contribution in [-0.2, 0) is 0 Å². The van der Waals surface area contributed by atoms with Crippen molar-refractivity contribution in [1.82, 2.24) is 14.8 Å². The molecule has 0 unspecified atom stereocenters. The zero-order valence-electron chi connectivity index (χ0n) is 18.0. The van der Waals surface area contributed by atoms with E-state index in [1.807, 2.05) is 54.6 Å². The largest absolute Gasteiger partial charge is 0.496 e. The standard InChI is InChI=1S/C24H24N6O3/c1-33-19-10-17(13-5-3-2-4-6-13)28-18-9-14(7-8-16(18)19)21-20(23(26)31)22(25)30(29-21)15-11-24(27,32)12-15/h2-10,15,32H,11-12,25,27H2,1H3,(H2,26,31)/t15-,24+. The fourth-order valence-corrected chi connectivity index (χ4v) is 4.37. The molecule has 0 atom stereocenters. The SMILES string of the molecule is COc1cc(-c2ccccc2)nc2cc(-c3nn([C@H]4C[C@@](N)(O)C4)c(N)c3C(N)=O)ccc12. The van der Waals surface area contributed by atoms with E-state index < -0.39 is 11.6 Å². The van der Waals surface area contributed by atoms with Gasteiger partial charge in [-0.2, -0.15) is 5.10 Å². The lowest BCUT2D eigenvalue weighted by molar-refractivity contribution is -0.0643. The van der Waals surface area contributed by atoms with Crippen LogP contribution in [0.15, 0.2) is 54.6 Å². The molecular formula is C24H24N6O3. The highest BCUT2D eigenvalue weighted by molar-refractivity contribution is 6.04. The van der Waals surface area contributed by atoms with Crippen molar-refractivity contribution >= 4 is 22.6 Å². The lowest BCUT2D eigenvalue weighted by atomic mass is 9.83. The Labute approximate surface area is 189 Å². The molecule has 1 aliphatic carbocycles. The lowest BCUT2D eigenvalue weighted by Gasteiger charge is -2.40. The van der Waals surface area contributed by atoms with Crippen LogP contribution in [-0.4, -0.2) is 38.6 Å². The van der Waals surface area contributed by atoms with Crippen LogP contribution < -0.4 is 21.9 Å². The zero-order valence-corrected chi connectivity index (χ0v) is 18.0. The third-order valence-corrected chi connectivity index (χ3v) is 6.05. The third-order valence-electron chi connectivity index (χ3n) is 6.05. The average Bonchev–Trinajstić information content (AvgIpc) is 3.13. The highest BCUT2D eigenvalue weighted by Crippen LogP contribution is 2.41. The molecule has 7 N–H and O–H groups in total. The smallest absolute Gasteiger partial charge is 0.254 e. The Morgan fingerprint density at radius 1 is 1.15 bits per heavy atom. The van der Waals surface area contributed by atoms with Crippen LogP contribution in [0.5, 0.6) is 5.75 Å². The summed E-state index contributed by atoms with van der Waals surface area (Å²) in [5, 5.41) is 15.3. The number of nitrogens with zero attached hydrogens (tertiary/aromatic N) is 3. The number of rotatable bonds is 5. The second-order valence-electron chi connectivity index (χ2n) is 8.39. The van der Waals surface area contributed by atoms with Gasteiger partial charge >= 0.3 is 0 Å². The molecular weight excluding hydrogens is 420 g/mol. The number of primary amides is 1. The Kier molecular flexibility index (Phi) is 4.80. The summed E-state index contributed by atoms with van der Waals surface area (Å²) in [4.78, 5) is 17.1. The summed E-state index contributed by atoms with van der Waals surface area (Å²) in [5.41, 5.74) is 19.9. The quantitative estimate of drug-likeness (QED) is 0.345. The van der Waals surface area contributed by atoms with Crippen LogP contribution >= 0.6 is 0 Å². The Balaban J connectivity index is 1.65. The van der Waals surface area contributed by atoms with E-state index in [9.17, 15) is 9.90 Å². The molecule has 1 amide bonds. The number of fused-ring (bicyclic) bond motifs is 1. The third kappa shape index (κ3) is 3.57. The van der Waals surface area contributed by atoms with Gasteiger partial charge in [0.1, 0.15) is 28.5 Å². The average molecular weight is 444 g/mol. The van der Waals surface area contributed by atoms with Gasteiger partial charge < -0.3 is 27.0 Å². The van der Waals surface area contributed by atoms with Crippen LogP contribution in [0.3, 0.4) is 0 Å². The highest BCUT2D eigenvalue weighted by Gasteiger charge is 2.42. The summed E-state index contributed by atoms with van der Waals surface area (Å²) in [7, 11) is 1.61. The Bertz CT molecular complexity index is 1370. The van der Waals surface area contributed by atoms with E-state index in [0.717, 1.165) is 16.6 Å². The van der Waals surface area contributed by atoms with E-state index in [1.165, 1.54) is 4.68 Å². The minimum absolute atomic E-state index is 0.132. The monoisotopic (exact) mass is 444 g/mol. The summed E-state index contributed by atoms with van der Waals surface area (Å²) in [6, 6.07) is 17.0. The molecule has 1 saturated carbocycles. The van der Waals surface area contributed by atoms with Crippen molar-refractivity contribution in [2.45, 2.75) is 24.6 Å². The molecule has 1 fully saturated rings.